The van der Waals surface area contributed by atoms with Crippen LogP contribution in [0.3, 0.4) is 0 Å². The molecule has 2 aromatic rings. The van der Waals surface area contributed by atoms with Gasteiger partial charge in [-0.15, -0.1) is 0 Å². The van der Waals surface area contributed by atoms with Gasteiger partial charge in [-0.25, -0.2) is 0 Å². The number of amidine groups is 1. The number of alkyl halides is 3. The summed E-state index contributed by atoms with van der Waals surface area (Å²) in [4.78, 5) is 16.2. The second-order valence-electron chi connectivity index (χ2n) is 6.88. The van der Waals surface area contributed by atoms with E-state index in [0.29, 0.717) is 11.6 Å². The van der Waals surface area contributed by atoms with Crippen LogP contribution in [0.4, 0.5) is 13.2 Å². The summed E-state index contributed by atoms with van der Waals surface area (Å²) < 4.78 is 51.0. The second-order valence-corrected chi connectivity index (χ2v) is 7.91. The molecule has 2 aromatic carbocycles. The number of thioether (sulfide) groups is 1. The molecule has 0 unspecified atom stereocenters. The first-order valence-electron chi connectivity index (χ1n) is 9.67. The molecule has 0 spiro atoms. The molecule has 0 saturated carbocycles. The smallest absolute Gasteiger partial charge is 0.420 e. The molecule has 34 heavy (non-hydrogen) atoms. The Hall–Kier alpha value is -3.53. The summed E-state index contributed by atoms with van der Waals surface area (Å²) in [6, 6.07) is 9.04. The zero-order valence-corrected chi connectivity index (χ0v) is 18.4. The molecule has 1 atom stereocenters. The van der Waals surface area contributed by atoms with Crippen LogP contribution in [0.15, 0.2) is 46.3 Å². The average molecular weight is 493 g/mol. The van der Waals surface area contributed by atoms with Crippen molar-refractivity contribution >= 4 is 28.9 Å². The maximum absolute atomic E-state index is 13.4. The van der Waals surface area contributed by atoms with Crippen LogP contribution in [-0.2, 0) is 11.0 Å². The lowest BCUT2D eigenvalue weighted by Crippen LogP contribution is -2.31. The van der Waals surface area contributed by atoms with Gasteiger partial charge in [0.25, 0.3) is 5.91 Å². The Labute approximate surface area is 196 Å². The van der Waals surface area contributed by atoms with Crippen molar-refractivity contribution in [2.45, 2.75) is 12.3 Å². The number of aliphatic hydroxyl groups excluding tert-OH is 2. The predicted octanol–water partition coefficient (Wildman–Crippen LogP) is 3.29. The Kier molecular flexibility index (Phi) is 7.83. The van der Waals surface area contributed by atoms with Crippen molar-refractivity contribution in [2.75, 3.05) is 20.3 Å². The van der Waals surface area contributed by atoms with Gasteiger partial charge in [0.2, 0.25) is 0 Å². The fourth-order valence-electron chi connectivity index (χ4n) is 2.79. The van der Waals surface area contributed by atoms with Gasteiger partial charge in [-0.1, -0.05) is 6.07 Å². The molecule has 178 valence electrons. The number of hydrogen-bond donors (Lipinski definition) is 3. The summed E-state index contributed by atoms with van der Waals surface area (Å²) in [6.07, 6.45) is -4.22. The molecule has 12 heteroatoms. The average Bonchev–Trinajstić information content (AvgIpc) is 3.16. The van der Waals surface area contributed by atoms with Crippen LogP contribution in [0, 0.1) is 11.3 Å². The van der Waals surface area contributed by atoms with E-state index in [0.717, 1.165) is 17.8 Å². The van der Waals surface area contributed by atoms with Crippen LogP contribution in [0.25, 0.3) is 6.08 Å². The number of nitrogens with one attached hydrogen (secondary N) is 1. The first-order chi connectivity index (χ1) is 16.1. The Bertz CT molecular complexity index is 1190. The molecule has 1 heterocycles. The molecule has 1 aliphatic heterocycles. The first kappa shape index (κ1) is 25.1. The molecule has 0 aromatic heterocycles. The van der Waals surface area contributed by atoms with Crippen LogP contribution < -0.4 is 14.8 Å². The summed E-state index contributed by atoms with van der Waals surface area (Å²) in [5, 5.41) is 30.1. The number of ether oxygens (including phenoxy) is 2. The zero-order valence-electron chi connectivity index (χ0n) is 17.6. The van der Waals surface area contributed by atoms with Crippen molar-refractivity contribution in [1.82, 2.24) is 5.32 Å². The van der Waals surface area contributed by atoms with Crippen LogP contribution in [0.5, 0.6) is 17.2 Å². The van der Waals surface area contributed by atoms with Gasteiger partial charge >= 0.3 is 6.18 Å². The monoisotopic (exact) mass is 493 g/mol. The number of aliphatic hydroxyl groups is 2. The number of aliphatic imine (C=N–C) groups is 1. The molecule has 0 fully saturated rings. The normalized spacial score (nSPS) is 15.6. The minimum Gasteiger partial charge on any atom is -0.493 e. The number of benzene rings is 2. The van der Waals surface area contributed by atoms with E-state index in [1.807, 2.05) is 0 Å². The van der Waals surface area contributed by atoms with Crippen molar-refractivity contribution in [2.24, 2.45) is 4.99 Å². The van der Waals surface area contributed by atoms with Gasteiger partial charge in [0.15, 0.2) is 16.7 Å². The molecule has 8 nitrogen and oxygen atoms in total. The van der Waals surface area contributed by atoms with E-state index < -0.39 is 36.1 Å². The molecular formula is C22H18F3N3O5S. The lowest BCUT2D eigenvalue weighted by Gasteiger charge is -2.16. The highest BCUT2D eigenvalue weighted by molar-refractivity contribution is 8.18. The number of rotatable bonds is 7. The lowest BCUT2D eigenvalue weighted by atomic mass is 10.1. The van der Waals surface area contributed by atoms with Gasteiger partial charge in [0, 0.05) is 6.54 Å². The molecule has 0 saturated heterocycles. The Balaban J connectivity index is 1.82. The van der Waals surface area contributed by atoms with E-state index in [9.17, 15) is 23.1 Å². The Morgan fingerprint density at radius 1 is 1.24 bits per heavy atom. The number of nitriles is 1. The van der Waals surface area contributed by atoms with E-state index in [1.54, 1.807) is 6.07 Å². The number of hydrogen-bond acceptors (Lipinski definition) is 8. The van der Waals surface area contributed by atoms with Gasteiger partial charge in [-0.2, -0.15) is 23.4 Å². The van der Waals surface area contributed by atoms with Gasteiger partial charge in [-0.3, -0.25) is 4.79 Å². The fourth-order valence-corrected chi connectivity index (χ4v) is 3.61. The predicted molar refractivity (Wildman–Crippen MR) is 118 cm³/mol. The van der Waals surface area contributed by atoms with Gasteiger partial charge in [-0.05, 0) is 53.7 Å². The van der Waals surface area contributed by atoms with E-state index in [2.05, 4.69) is 10.3 Å². The molecule has 0 radical (unpaired) electrons. The summed E-state index contributed by atoms with van der Waals surface area (Å²) in [7, 11) is 1.32. The van der Waals surface area contributed by atoms with E-state index in [1.165, 1.54) is 37.5 Å². The molecule has 1 amide bonds. The first-order valence-corrected chi connectivity index (χ1v) is 10.5. The van der Waals surface area contributed by atoms with Gasteiger partial charge in [0.1, 0.15) is 5.75 Å². The minimum absolute atomic E-state index is 0.00172. The van der Waals surface area contributed by atoms with E-state index in [-0.39, 0.29) is 33.7 Å². The number of halogens is 3. The molecule has 3 rings (SSSR count). The number of nitrogens with zero attached hydrogens (tertiary/aromatic N) is 2. The maximum Gasteiger partial charge on any atom is 0.420 e. The fraction of sp³-hybridized carbons (Fsp3) is 0.227. The molecule has 1 aliphatic rings. The Morgan fingerprint density at radius 3 is 2.62 bits per heavy atom. The van der Waals surface area contributed by atoms with Crippen molar-refractivity contribution in [3.8, 4) is 23.3 Å². The molecular weight excluding hydrogens is 475 g/mol. The third-order valence-electron chi connectivity index (χ3n) is 4.44. The maximum atomic E-state index is 13.4. The number of amides is 1. The molecule has 0 aliphatic carbocycles. The third kappa shape index (κ3) is 6.07. The lowest BCUT2D eigenvalue weighted by molar-refractivity contribution is -0.138. The SMILES string of the molecule is COc1cc(C=C2SC(NC[C@H](O)CO)=NC2=O)ccc1Oc1ccc(C#N)cc1C(F)(F)F. The topological polar surface area (TPSA) is 124 Å². The quantitative estimate of drug-likeness (QED) is 0.502. The highest BCUT2D eigenvalue weighted by atomic mass is 32.2. The van der Waals surface area contributed by atoms with E-state index >= 15 is 0 Å². The van der Waals surface area contributed by atoms with Crippen molar-refractivity contribution in [3.05, 3.63) is 58.0 Å². The molecule has 3 N–H and O–H groups in total. The van der Waals surface area contributed by atoms with Gasteiger partial charge in [0.05, 0.1) is 41.9 Å². The number of carbonyl (C=O) groups is 1. The summed E-state index contributed by atoms with van der Waals surface area (Å²) in [6.45, 7) is -0.430. The highest BCUT2D eigenvalue weighted by Crippen LogP contribution is 2.41. The Morgan fingerprint density at radius 2 is 1.97 bits per heavy atom. The van der Waals surface area contributed by atoms with Crippen LogP contribution >= 0.6 is 11.8 Å². The van der Waals surface area contributed by atoms with Crippen molar-refractivity contribution in [3.63, 3.8) is 0 Å². The van der Waals surface area contributed by atoms with Crippen LogP contribution in [0.2, 0.25) is 0 Å². The second kappa shape index (κ2) is 10.6. The number of carbonyl (C=O) groups excluding carboxylic acids is 1. The highest BCUT2D eigenvalue weighted by Gasteiger charge is 2.35. The van der Waals surface area contributed by atoms with E-state index in [4.69, 9.17) is 19.8 Å². The van der Waals surface area contributed by atoms with Crippen molar-refractivity contribution < 1.29 is 37.7 Å². The number of methoxy groups -OCH3 is 1. The zero-order chi connectivity index (χ0) is 24.9. The van der Waals surface area contributed by atoms with Crippen LogP contribution in [-0.4, -0.2) is 47.7 Å². The standard InChI is InChI=1S/C22H18F3N3O5S/c1-32-18-7-12(8-19-20(31)28-21(34-19)27-10-14(30)11-29)2-5-17(18)33-16-4-3-13(9-26)6-15(16)22(23,24)25/h2-8,14,29-30H,10-11H2,1H3,(H,27,28,31)/t14-/m0/s1. The van der Waals surface area contributed by atoms with Crippen LogP contribution in [0.1, 0.15) is 16.7 Å². The largest absolute Gasteiger partial charge is 0.493 e. The minimum atomic E-state index is -4.74. The summed E-state index contributed by atoms with van der Waals surface area (Å²) in [5.41, 5.74) is -0.756. The van der Waals surface area contributed by atoms with Crippen molar-refractivity contribution in [1.29, 1.82) is 5.26 Å². The molecule has 0 bridgehead atoms. The van der Waals surface area contributed by atoms with Gasteiger partial charge < -0.3 is 25.0 Å². The summed E-state index contributed by atoms with van der Waals surface area (Å²) in [5.74, 6) is -0.890. The third-order valence-corrected chi connectivity index (χ3v) is 5.38. The summed E-state index contributed by atoms with van der Waals surface area (Å²) >= 11 is 1.03.